The zero-order valence-corrected chi connectivity index (χ0v) is 14.7. The van der Waals surface area contributed by atoms with Crippen LogP contribution in [-0.4, -0.2) is 11.9 Å². The second-order valence-corrected chi connectivity index (χ2v) is 6.79. The minimum Gasteiger partial charge on any atom is -0.347 e. The summed E-state index contributed by atoms with van der Waals surface area (Å²) in [5.74, 6) is 0.220. The molecular formula is C18H29ClN2O. The summed E-state index contributed by atoms with van der Waals surface area (Å²) in [7, 11) is 0. The van der Waals surface area contributed by atoms with Gasteiger partial charge in [0.1, 0.15) is 0 Å². The Labute approximate surface area is 140 Å². The number of hydrogen-bond donors (Lipinski definition) is 2. The van der Waals surface area contributed by atoms with Crippen LogP contribution in [0, 0.1) is 5.92 Å². The van der Waals surface area contributed by atoms with Gasteiger partial charge in [0, 0.05) is 12.0 Å². The van der Waals surface area contributed by atoms with Gasteiger partial charge in [0.2, 0.25) is 5.91 Å². The molecule has 1 fully saturated rings. The standard InChI is InChI=1S/C18H28N2O.ClH/c1-4-13-8-10-15(11-9-13)18(2,3)20-17(21)14-6-5-7-16(19)12-14;/h8-11,14,16H,4-7,12,19H2,1-3H3,(H,20,21);1H. The SMILES string of the molecule is CCc1ccc(C(C)(C)NC(=O)C2CCCC(N)C2)cc1.Cl. The van der Waals surface area contributed by atoms with Crippen LogP contribution in [0.25, 0.3) is 0 Å². The monoisotopic (exact) mass is 324 g/mol. The molecule has 1 aliphatic rings. The molecule has 2 unspecified atom stereocenters. The molecule has 1 aliphatic carbocycles. The summed E-state index contributed by atoms with van der Waals surface area (Å²) in [4.78, 5) is 12.5. The third-order valence-electron chi connectivity index (χ3n) is 4.61. The molecule has 4 heteroatoms. The molecular weight excluding hydrogens is 296 g/mol. The lowest BCUT2D eigenvalue weighted by Crippen LogP contribution is -2.46. The molecule has 2 rings (SSSR count). The topological polar surface area (TPSA) is 55.1 Å². The maximum Gasteiger partial charge on any atom is 0.223 e. The number of halogens is 1. The average molecular weight is 325 g/mol. The molecule has 124 valence electrons. The summed E-state index contributed by atoms with van der Waals surface area (Å²) in [6.45, 7) is 6.28. The minimum atomic E-state index is -0.342. The number of rotatable bonds is 4. The van der Waals surface area contributed by atoms with E-state index in [2.05, 4.69) is 50.4 Å². The lowest BCUT2D eigenvalue weighted by atomic mass is 9.84. The Morgan fingerprint density at radius 1 is 1.27 bits per heavy atom. The number of carbonyl (C=O) groups is 1. The van der Waals surface area contributed by atoms with Crippen LogP contribution >= 0.6 is 12.4 Å². The lowest BCUT2D eigenvalue weighted by Gasteiger charge is -2.32. The second kappa shape index (κ2) is 7.98. The molecule has 22 heavy (non-hydrogen) atoms. The van der Waals surface area contributed by atoms with E-state index in [1.807, 2.05) is 0 Å². The maximum absolute atomic E-state index is 12.5. The van der Waals surface area contributed by atoms with Gasteiger partial charge in [-0.25, -0.2) is 0 Å². The summed E-state index contributed by atoms with van der Waals surface area (Å²) in [6, 6.07) is 8.69. The molecule has 0 aliphatic heterocycles. The van der Waals surface area contributed by atoms with E-state index in [0.29, 0.717) is 0 Å². The first kappa shape index (κ1) is 19.0. The minimum absolute atomic E-state index is 0. The molecule has 1 aromatic rings. The Kier molecular flexibility index (Phi) is 6.89. The van der Waals surface area contributed by atoms with Crippen molar-refractivity contribution in [3.8, 4) is 0 Å². The van der Waals surface area contributed by atoms with Gasteiger partial charge in [-0.1, -0.05) is 37.6 Å². The zero-order valence-electron chi connectivity index (χ0n) is 13.9. The summed E-state index contributed by atoms with van der Waals surface area (Å²) in [6.07, 6.45) is 4.92. The van der Waals surface area contributed by atoms with Gasteiger partial charge in [-0.15, -0.1) is 12.4 Å². The highest BCUT2D eigenvalue weighted by Crippen LogP contribution is 2.26. The molecule has 0 aromatic heterocycles. The van der Waals surface area contributed by atoms with Crippen LogP contribution in [0.15, 0.2) is 24.3 Å². The van der Waals surface area contributed by atoms with Gasteiger partial charge in [-0.05, 0) is 50.7 Å². The molecule has 1 amide bonds. The number of aryl methyl sites for hydroxylation is 1. The normalized spacial score (nSPS) is 21.8. The quantitative estimate of drug-likeness (QED) is 0.890. The Bertz CT molecular complexity index is 484. The van der Waals surface area contributed by atoms with Crippen molar-refractivity contribution in [3.05, 3.63) is 35.4 Å². The Morgan fingerprint density at radius 2 is 1.91 bits per heavy atom. The third kappa shape index (κ3) is 4.72. The fourth-order valence-corrected chi connectivity index (χ4v) is 3.11. The highest BCUT2D eigenvalue weighted by atomic mass is 35.5. The highest BCUT2D eigenvalue weighted by molar-refractivity contribution is 5.85. The predicted octanol–water partition coefficient (Wildman–Crippen LogP) is 3.54. The Hall–Kier alpha value is -1.06. The smallest absolute Gasteiger partial charge is 0.223 e. The summed E-state index contributed by atoms with van der Waals surface area (Å²) in [5, 5.41) is 3.21. The van der Waals surface area contributed by atoms with Gasteiger partial charge in [-0.2, -0.15) is 0 Å². The van der Waals surface area contributed by atoms with Gasteiger partial charge < -0.3 is 11.1 Å². The van der Waals surface area contributed by atoms with Gasteiger partial charge in [0.05, 0.1) is 5.54 Å². The van der Waals surface area contributed by atoms with Crippen LogP contribution < -0.4 is 11.1 Å². The van der Waals surface area contributed by atoms with E-state index >= 15 is 0 Å². The van der Waals surface area contributed by atoms with Crippen LogP contribution in [-0.2, 0) is 16.8 Å². The van der Waals surface area contributed by atoms with Crippen molar-refractivity contribution in [2.24, 2.45) is 11.7 Å². The first-order chi connectivity index (χ1) is 9.92. The first-order valence-corrected chi connectivity index (χ1v) is 8.09. The Balaban J connectivity index is 0.00000242. The van der Waals surface area contributed by atoms with Crippen molar-refractivity contribution in [1.29, 1.82) is 0 Å². The van der Waals surface area contributed by atoms with Crippen LogP contribution in [0.2, 0.25) is 0 Å². The summed E-state index contributed by atoms with van der Waals surface area (Å²) in [5.41, 5.74) is 8.11. The maximum atomic E-state index is 12.5. The zero-order chi connectivity index (χ0) is 15.5. The molecule has 2 atom stereocenters. The number of amides is 1. The van der Waals surface area contributed by atoms with Crippen molar-refractivity contribution in [1.82, 2.24) is 5.32 Å². The number of nitrogens with two attached hydrogens (primary N) is 1. The third-order valence-corrected chi connectivity index (χ3v) is 4.61. The summed E-state index contributed by atoms with van der Waals surface area (Å²) < 4.78 is 0. The van der Waals surface area contributed by atoms with Crippen LogP contribution in [0.3, 0.4) is 0 Å². The van der Waals surface area contributed by atoms with E-state index in [-0.39, 0.29) is 35.8 Å². The van der Waals surface area contributed by atoms with E-state index in [9.17, 15) is 4.79 Å². The predicted molar refractivity (Wildman–Crippen MR) is 94.2 cm³/mol. The van der Waals surface area contributed by atoms with E-state index in [0.717, 1.165) is 37.7 Å². The van der Waals surface area contributed by atoms with E-state index < -0.39 is 0 Å². The van der Waals surface area contributed by atoms with Gasteiger partial charge >= 0.3 is 0 Å². The molecule has 1 saturated carbocycles. The fraction of sp³-hybridized carbons (Fsp3) is 0.611. The molecule has 3 N–H and O–H groups in total. The van der Waals surface area contributed by atoms with Crippen molar-refractivity contribution in [3.63, 3.8) is 0 Å². The van der Waals surface area contributed by atoms with Crippen LogP contribution in [0.5, 0.6) is 0 Å². The Morgan fingerprint density at radius 3 is 2.45 bits per heavy atom. The molecule has 0 saturated heterocycles. The molecule has 0 spiro atoms. The molecule has 0 bridgehead atoms. The lowest BCUT2D eigenvalue weighted by molar-refractivity contribution is -0.127. The first-order valence-electron chi connectivity index (χ1n) is 8.09. The molecule has 1 aromatic carbocycles. The van der Waals surface area contributed by atoms with E-state index in [1.54, 1.807) is 0 Å². The van der Waals surface area contributed by atoms with Crippen molar-refractivity contribution < 1.29 is 4.79 Å². The molecule has 3 nitrogen and oxygen atoms in total. The number of carbonyl (C=O) groups excluding carboxylic acids is 1. The highest BCUT2D eigenvalue weighted by Gasteiger charge is 2.30. The number of benzene rings is 1. The van der Waals surface area contributed by atoms with Crippen LogP contribution in [0.4, 0.5) is 0 Å². The van der Waals surface area contributed by atoms with Gasteiger partial charge in [0.15, 0.2) is 0 Å². The fourth-order valence-electron chi connectivity index (χ4n) is 3.11. The van der Waals surface area contributed by atoms with E-state index in [4.69, 9.17) is 5.73 Å². The van der Waals surface area contributed by atoms with Gasteiger partial charge in [0.25, 0.3) is 0 Å². The van der Waals surface area contributed by atoms with Crippen LogP contribution in [0.1, 0.15) is 57.6 Å². The van der Waals surface area contributed by atoms with Gasteiger partial charge in [-0.3, -0.25) is 4.79 Å². The summed E-state index contributed by atoms with van der Waals surface area (Å²) >= 11 is 0. The van der Waals surface area contributed by atoms with Crippen molar-refractivity contribution in [2.75, 3.05) is 0 Å². The van der Waals surface area contributed by atoms with Crippen molar-refractivity contribution in [2.45, 2.75) is 64.5 Å². The second-order valence-electron chi connectivity index (χ2n) is 6.79. The average Bonchev–Trinajstić information content (AvgIpc) is 2.47. The van der Waals surface area contributed by atoms with Crippen molar-refractivity contribution >= 4 is 18.3 Å². The largest absolute Gasteiger partial charge is 0.347 e. The number of hydrogen-bond acceptors (Lipinski definition) is 2. The number of nitrogens with one attached hydrogen (secondary N) is 1. The van der Waals surface area contributed by atoms with E-state index in [1.165, 1.54) is 5.56 Å². The molecule has 0 heterocycles. The molecule has 0 radical (unpaired) electrons.